The van der Waals surface area contributed by atoms with Crippen molar-refractivity contribution in [1.29, 1.82) is 0 Å². The molecule has 0 aliphatic carbocycles. The summed E-state index contributed by atoms with van der Waals surface area (Å²) in [7, 11) is 1.61. The molecule has 3 rings (SSSR count). The van der Waals surface area contributed by atoms with Crippen molar-refractivity contribution in [3.05, 3.63) is 83.7 Å². The van der Waals surface area contributed by atoms with Crippen LogP contribution in [-0.2, 0) is 6.42 Å². The van der Waals surface area contributed by atoms with Gasteiger partial charge in [-0.3, -0.25) is 4.79 Å². The lowest BCUT2D eigenvalue weighted by molar-refractivity contribution is 0.0949. The van der Waals surface area contributed by atoms with E-state index in [4.69, 9.17) is 4.74 Å². The second kappa shape index (κ2) is 8.94. The summed E-state index contributed by atoms with van der Waals surface area (Å²) in [6, 6.07) is 14.0. The van der Waals surface area contributed by atoms with Gasteiger partial charge in [-0.15, -0.1) is 0 Å². The predicted molar refractivity (Wildman–Crippen MR) is 103 cm³/mol. The van der Waals surface area contributed by atoms with E-state index in [1.54, 1.807) is 13.2 Å². The highest BCUT2D eigenvalue weighted by molar-refractivity contribution is 5.92. The molecular formula is C21H19F2N3O2. The van der Waals surface area contributed by atoms with Crippen LogP contribution in [-0.4, -0.2) is 24.5 Å². The Morgan fingerprint density at radius 1 is 1.11 bits per heavy atom. The summed E-state index contributed by atoms with van der Waals surface area (Å²) in [5.74, 6) is -0.896. The van der Waals surface area contributed by atoms with Gasteiger partial charge in [0.1, 0.15) is 23.1 Å². The average molecular weight is 383 g/mol. The molecule has 7 heteroatoms. The van der Waals surface area contributed by atoms with Gasteiger partial charge in [0.25, 0.3) is 5.91 Å². The largest absolute Gasteiger partial charge is 0.496 e. The van der Waals surface area contributed by atoms with Crippen LogP contribution in [0.15, 0.2) is 60.8 Å². The number of pyridine rings is 1. The molecule has 144 valence electrons. The second-order valence-corrected chi connectivity index (χ2v) is 6.00. The number of halogens is 2. The number of rotatable bonds is 7. The molecule has 0 aliphatic heterocycles. The Hall–Kier alpha value is -3.48. The van der Waals surface area contributed by atoms with Gasteiger partial charge in [-0.25, -0.2) is 13.8 Å². The summed E-state index contributed by atoms with van der Waals surface area (Å²) in [6.07, 6.45) is 2.04. The molecule has 0 unspecified atom stereocenters. The fourth-order valence-corrected chi connectivity index (χ4v) is 2.66. The Morgan fingerprint density at radius 3 is 2.64 bits per heavy atom. The molecule has 0 fully saturated rings. The number of nitrogens with one attached hydrogen (secondary N) is 2. The van der Waals surface area contributed by atoms with Gasteiger partial charge >= 0.3 is 0 Å². The van der Waals surface area contributed by atoms with Crippen molar-refractivity contribution in [3.63, 3.8) is 0 Å². The topological polar surface area (TPSA) is 63.2 Å². The first-order valence-electron chi connectivity index (χ1n) is 8.65. The maximum absolute atomic E-state index is 13.7. The van der Waals surface area contributed by atoms with Crippen molar-refractivity contribution in [1.82, 2.24) is 10.3 Å². The number of amides is 1. The van der Waals surface area contributed by atoms with Crippen LogP contribution in [0, 0.1) is 11.6 Å². The summed E-state index contributed by atoms with van der Waals surface area (Å²) >= 11 is 0. The van der Waals surface area contributed by atoms with Gasteiger partial charge in [0.2, 0.25) is 0 Å². The van der Waals surface area contributed by atoms with Crippen LogP contribution in [0.5, 0.6) is 5.75 Å². The third-order valence-corrected chi connectivity index (χ3v) is 4.08. The number of benzene rings is 2. The number of nitrogens with zero attached hydrogens (tertiary/aromatic N) is 1. The van der Waals surface area contributed by atoms with E-state index >= 15 is 0 Å². The molecule has 0 aliphatic rings. The van der Waals surface area contributed by atoms with Gasteiger partial charge in [0.05, 0.1) is 24.7 Å². The van der Waals surface area contributed by atoms with E-state index < -0.39 is 11.6 Å². The SMILES string of the molecule is COc1ccccc1CCNC(=O)c1ccc(Nc2ccc(F)cc2F)cn1. The number of aromatic nitrogens is 1. The smallest absolute Gasteiger partial charge is 0.269 e. The lowest BCUT2D eigenvalue weighted by atomic mass is 10.1. The van der Waals surface area contributed by atoms with Crippen LogP contribution < -0.4 is 15.4 Å². The summed E-state index contributed by atoms with van der Waals surface area (Å²) < 4.78 is 31.9. The Kier molecular flexibility index (Phi) is 6.16. The lowest BCUT2D eigenvalue weighted by Crippen LogP contribution is -2.26. The first-order chi connectivity index (χ1) is 13.6. The van der Waals surface area contributed by atoms with Crippen molar-refractivity contribution in [3.8, 4) is 5.75 Å². The van der Waals surface area contributed by atoms with Gasteiger partial charge in [-0.05, 0) is 42.3 Å². The van der Waals surface area contributed by atoms with Crippen LogP contribution in [0.3, 0.4) is 0 Å². The minimum atomic E-state index is -0.710. The third-order valence-electron chi connectivity index (χ3n) is 4.08. The van der Waals surface area contributed by atoms with Gasteiger partial charge in [0.15, 0.2) is 0 Å². The number of carbonyl (C=O) groups is 1. The highest BCUT2D eigenvalue weighted by atomic mass is 19.1. The molecule has 0 bridgehead atoms. The first kappa shape index (κ1) is 19.3. The van der Waals surface area contributed by atoms with E-state index in [-0.39, 0.29) is 17.3 Å². The molecule has 3 aromatic rings. The number of hydrogen-bond acceptors (Lipinski definition) is 4. The van der Waals surface area contributed by atoms with Gasteiger partial charge in [-0.2, -0.15) is 0 Å². The van der Waals surface area contributed by atoms with Gasteiger partial charge in [0, 0.05) is 12.6 Å². The third kappa shape index (κ3) is 4.82. The van der Waals surface area contributed by atoms with Crippen LogP contribution in [0.25, 0.3) is 0 Å². The van der Waals surface area contributed by atoms with Crippen molar-refractivity contribution >= 4 is 17.3 Å². The van der Waals surface area contributed by atoms with Gasteiger partial charge in [-0.1, -0.05) is 18.2 Å². The lowest BCUT2D eigenvalue weighted by Gasteiger charge is -2.10. The Morgan fingerprint density at radius 2 is 1.93 bits per heavy atom. The minimum absolute atomic E-state index is 0.122. The van der Waals surface area contributed by atoms with Crippen molar-refractivity contribution in [2.24, 2.45) is 0 Å². The predicted octanol–water partition coefficient (Wildman–Crippen LogP) is 4.08. The highest BCUT2D eigenvalue weighted by Gasteiger charge is 2.09. The van der Waals surface area contributed by atoms with E-state index in [0.717, 1.165) is 23.4 Å². The molecule has 28 heavy (non-hydrogen) atoms. The molecule has 1 amide bonds. The molecule has 2 N–H and O–H groups in total. The summed E-state index contributed by atoms with van der Waals surface area (Å²) in [4.78, 5) is 16.3. The number of para-hydroxylation sites is 1. The monoisotopic (exact) mass is 383 g/mol. The Balaban J connectivity index is 1.56. The standard InChI is InChI=1S/C21H19F2N3O2/c1-28-20-5-3-2-4-14(20)10-11-24-21(27)19-9-7-16(13-25-19)26-18-8-6-15(22)12-17(18)23/h2-9,12-13,26H,10-11H2,1H3,(H,24,27). The quantitative estimate of drug-likeness (QED) is 0.645. The fourth-order valence-electron chi connectivity index (χ4n) is 2.66. The molecule has 1 heterocycles. The maximum Gasteiger partial charge on any atom is 0.269 e. The summed E-state index contributed by atoms with van der Waals surface area (Å²) in [6.45, 7) is 0.432. The summed E-state index contributed by atoms with van der Waals surface area (Å²) in [5.41, 5.74) is 1.84. The van der Waals surface area contributed by atoms with Crippen molar-refractivity contribution in [2.75, 3.05) is 19.0 Å². The molecule has 0 spiro atoms. The number of anilines is 2. The van der Waals surface area contributed by atoms with Crippen LogP contribution in [0.4, 0.5) is 20.2 Å². The Bertz CT molecular complexity index is 962. The van der Waals surface area contributed by atoms with Crippen LogP contribution in [0.2, 0.25) is 0 Å². The molecule has 0 atom stereocenters. The molecule has 2 aromatic carbocycles. The van der Waals surface area contributed by atoms with E-state index in [1.807, 2.05) is 24.3 Å². The normalized spacial score (nSPS) is 10.4. The fraction of sp³-hybridized carbons (Fsp3) is 0.143. The van der Waals surface area contributed by atoms with E-state index in [1.165, 1.54) is 18.3 Å². The number of carbonyl (C=O) groups excluding carboxylic acids is 1. The van der Waals surface area contributed by atoms with Crippen LogP contribution >= 0.6 is 0 Å². The molecular weight excluding hydrogens is 364 g/mol. The molecule has 1 aromatic heterocycles. The van der Waals surface area contributed by atoms with Crippen molar-refractivity contribution < 1.29 is 18.3 Å². The number of methoxy groups -OCH3 is 1. The van der Waals surface area contributed by atoms with Crippen molar-refractivity contribution in [2.45, 2.75) is 6.42 Å². The highest BCUT2D eigenvalue weighted by Crippen LogP contribution is 2.20. The zero-order chi connectivity index (χ0) is 19.9. The first-order valence-corrected chi connectivity index (χ1v) is 8.65. The minimum Gasteiger partial charge on any atom is -0.496 e. The van der Waals surface area contributed by atoms with E-state index in [2.05, 4.69) is 15.6 Å². The van der Waals surface area contributed by atoms with E-state index in [9.17, 15) is 13.6 Å². The molecule has 0 saturated heterocycles. The molecule has 0 saturated carbocycles. The second-order valence-electron chi connectivity index (χ2n) is 6.00. The summed E-state index contributed by atoms with van der Waals surface area (Å²) in [5, 5.41) is 5.60. The zero-order valence-electron chi connectivity index (χ0n) is 15.2. The zero-order valence-corrected chi connectivity index (χ0v) is 15.2. The van der Waals surface area contributed by atoms with E-state index in [0.29, 0.717) is 18.7 Å². The van der Waals surface area contributed by atoms with Crippen LogP contribution in [0.1, 0.15) is 16.1 Å². The molecule has 5 nitrogen and oxygen atoms in total. The molecule has 0 radical (unpaired) electrons. The maximum atomic E-state index is 13.7. The number of ether oxygens (including phenoxy) is 1. The average Bonchev–Trinajstić information content (AvgIpc) is 2.71. The van der Waals surface area contributed by atoms with Gasteiger partial charge < -0.3 is 15.4 Å². The Labute approximate surface area is 161 Å². The number of hydrogen-bond donors (Lipinski definition) is 2.